The predicted octanol–water partition coefficient (Wildman–Crippen LogP) is 3.93. The summed E-state index contributed by atoms with van der Waals surface area (Å²) in [6.45, 7) is 0. The highest BCUT2D eigenvalue weighted by Crippen LogP contribution is 2.32. The normalized spacial score (nSPS) is 11.1. The molecule has 0 aliphatic heterocycles. The molecular formula is C20H19NO5S2. The Morgan fingerprint density at radius 1 is 1.04 bits per heavy atom. The summed E-state index contributed by atoms with van der Waals surface area (Å²) < 4.78 is 38.1. The molecule has 28 heavy (non-hydrogen) atoms. The highest BCUT2D eigenvalue weighted by atomic mass is 32.2. The van der Waals surface area contributed by atoms with E-state index in [1.165, 1.54) is 26.4 Å². The molecule has 0 saturated carbocycles. The molecule has 6 nitrogen and oxygen atoms in total. The number of esters is 1. The third-order valence-electron chi connectivity index (χ3n) is 4.10. The van der Waals surface area contributed by atoms with Gasteiger partial charge in [-0.25, -0.2) is 13.2 Å². The molecule has 0 fully saturated rings. The average Bonchev–Trinajstić information content (AvgIpc) is 3.09. The van der Waals surface area contributed by atoms with Gasteiger partial charge in [0.2, 0.25) is 0 Å². The Bertz CT molecular complexity index is 1060. The smallest absolute Gasteiger partial charge is 0.348 e. The van der Waals surface area contributed by atoms with Gasteiger partial charge in [0, 0.05) is 17.4 Å². The van der Waals surface area contributed by atoms with Crippen LogP contribution in [0, 0.1) is 0 Å². The van der Waals surface area contributed by atoms with Crippen LogP contribution in [0.1, 0.15) is 20.8 Å². The van der Waals surface area contributed by atoms with E-state index in [-0.39, 0.29) is 4.90 Å². The maximum absolute atomic E-state index is 12.8. The van der Waals surface area contributed by atoms with Crippen molar-refractivity contribution in [2.75, 3.05) is 18.9 Å². The number of hydrogen-bond acceptors (Lipinski definition) is 6. The highest BCUT2D eigenvalue weighted by molar-refractivity contribution is 7.92. The number of benzene rings is 2. The van der Waals surface area contributed by atoms with E-state index < -0.39 is 16.0 Å². The number of methoxy groups -OCH3 is 2. The van der Waals surface area contributed by atoms with Crippen LogP contribution in [-0.4, -0.2) is 28.6 Å². The number of hydrogen-bond donors (Lipinski definition) is 1. The number of anilines is 1. The van der Waals surface area contributed by atoms with Crippen LogP contribution < -0.4 is 9.46 Å². The zero-order chi connectivity index (χ0) is 20.1. The molecule has 0 bridgehead atoms. The van der Waals surface area contributed by atoms with Gasteiger partial charge >= 0.3 is 5.97 Å². The van der Waals surface area contributed by atoms with Crippen molar-refractivity contribution in [3.63, 3.8) is 0 Å². The van der Waals surface area contributed by atoms with Gasteiger partial charge in [0.1, 0.15) is 10.6 Å². The van der Waals surface area contributed by atoms with E-state index in [4.69, 9.17) is 9.47 Å². The van der Waals surface area contributed by atoms with E-state index in [1.54, 1.807) is 17.5 Å². The van der Waals surface area contributed by atoms with E-state index in [0.29, 0.717) is 28.3 Å². The summed E-state index contributed by atoms with van der Waals surface area (Å²) in [7, 11) is -1.01. The lowest BCUT2D eigenvalue weighted by Crippen LogP contribution is -2.14. The van der Waals surface area contributed by atoms with Crippen LogP contribution in [0.3, 0.4) is 0 Å². The van der Waals surface area contributed by atoms with Gasteiger partial charge in [0.05, 0.1) is 24.8 Å². The van der Waals surface area contributed by atoms with E-state index >= 15 is 0 Å². The van der Waals surface area contributed by atoms with Gasteiger partial charge in [-0.3, -0.25) is 4.72 Å². The van der Waals surface area contributed by atoms with Crippen molar-refractivity contribution in [3.8, 4) is 5.75 Å². The molecule has 0 spiro atoms. The summed E-state index contributed by atoms with van der Waals surface area (Å²) in [6.07, 6.45) is 0.398. The lowest BCUT2D eigenvalue weighted by molar-refractivity contribution is 0.0605. The largest absolute Gasteiger partial charge is 0.497 e. The minimum Gasteiger partial charge on any atom is -0.497 e. The molecule has 3 aromatic rings. The second kappa shape index (κ2) is 8.45. The number of carbonyl (C=O) groups excluding carboxylic acids is 1. The monoisotopic (exact) mass is 417 g/mol. The summed E-state index contributed by atoms with van der Waals surface area (Å²) in [6, 6.07) is 15.6. The first kappa shape index (κ1) is 19.9. The maximum Gasteiger partial charge on any atom is 0.348 e. The van der Waals surface area contributed by atoms with Crippen molar-refractivity contribution >= 4 is 33.0 Å². The van der Waals surface area contributed by atoms with Crippen molar-refractivity contribution < 1.29 is 22.7 Å². The van der Waals surface area contributed by atoms with Gasteiger partial charge in [-0.15, -0.1) is 11.3 Å². The number of carbonyl (C=O) groups is 1. The van der Waals surface area contributed by atoms with Crippen LogP contribution in [0.15, 0.2) is 64.9 Å². The van der Waals surface area contributed by atoms with Crippen molar-refractivity contribution in [1.29, 1.82) is 0 Å². The Balaban J connectivity index is 1.96. The number of nitrogens with one attached hydrogen (secondary N) is 1. The highest BCUT2D eigenvalue weighted by Gasteiger charge is 2.23. The Hall–Kier alpha value is -2.84. The Labute approximate surface area is 167 Å². The first-order valence-electron chi connectivity index (χ1n) is 8.34. The molecule has 0 saturated heterocycles. The van der Waals surface area contributed by atoms with Crippen LogP contribution in [-0.2, 0) is 21.2 Å². The van der Waals surface area contributed by atoms with Crippen LogP contribution >= 0.6 is 11.3 Å². The van der Waals surface area contributed by atoms with Crippen LogP contribution in [0.2, 0.25) is 0 Å². The summed E-state index contributed by atoms with van der Waals surface area (Å²) in [4.78, 5) is 12.6. The van der Waals surface area contributed by atoms with E-state index in [0.717, 1.165) is 16.9 Å². The average molecular weight is 418 g/mol. The maximum atomic E-state index is 12.8. The van der Waals surface area contributed by atoms with Gasteiger partial charge < -0.3 is 9.47 Å². The summed E-state index contributed by atoms with van der Waals surface area (Å²) in [5, 5.41) is 1.62. The second-order valence-electron chi connectivity index (χ2n) is 5.89. The number of rotatable bonds is 7. The Morgan fingerprint density at radius 2 is 1.71 bits per heavy atom. The van der Waals surface area contributed by atoms with Gasteiger partial charge in [-0.1, -0.05) is 30.3 Å². The van der Waals surface area contributed by atoms with Crippen molar-refractivity contribution in [2.24, 2.45) is 0 Å². The number of sulfonamides is 1. The fourth-order valence-electron chi connectivity index (χ4n) is 2.67. The Kier molecular flexibility index (Phi) is 6.01. The summed E-state index contributed by atoms with van der Waals surface area (Å²) >= 11 is 1.15. The zero-order valence-electron chi connectivity index (χ0n) is 15.3. The summed E-state index contributed by atoms with van der Waals surface area (Å²) in [5.41, 5.74) is 1.90. The molecule has 0 atom stereocenters. The molecule has 0 amide bonds. The van der Waals surface area contributed by atoms with Gasteiger partial charge in [-0.2, -0.15) is 0 Å². The van der Waals surface area contributed by atoms with Crippen LogP contribution in [0.4, 0.5) is 5.69 Å². The van der Waals surface area contributed by atoms with Gasteiger partial charge in [0.15, 0.2) is 0 Å². The topological polar surface area (TPSA) is 81.7 Å². The molecule has 1 N–H and O–H groups in total. The van der Waals surface area contributed by atoms with Crippen LogP contribution in [0.5, 0.6) is 5.75 Å². The number of ether oxygens (including phenoxy) is 2. The number of thiophene rings is 1. The zero-order valence-corrected chi connectivity index (χ0v) is 17.0. The summed E-state index contributed by atoms with van der Waals surface area (Å²) in [5.74, 6) is 0.0676. The fourth-order valence-corrected chi connectivity index (χ4v) is 4.77. The predicted molar refractivity (Wildman–Crippen MR) is 109 cm³/mol. The molecule has 8 heteroatoms. The minimum atomic E-state index is -3.82. The lowest BCUT2D eigenvalue weighted by atomic mass is 10.0. The minimum absolute atomic E-state index is 0.102. The molecule has 1 aromatic heterocycles. The molecule has 146 valence electrons. The molecule has 0 radical (unpaired) electrons. The van der Waals surface area contributed by atoms with Crippen molar-refractivity contribution in [3.05, 3.63) is 76.0 Å². The third-order valence-corrected chi connectivity index (χ3v) is 6.49. The molecule has 0 aliphatic carbocycles. The molecule has 3 rings (SSSR count). The van der Waals surface area contributed by atoms with E-state index in [1.807, 2.05) is 30.3 Å². The first-order chi connectivity index (χ1) is 13.4. The molecule has 2 aromatic carbocycles. The first-order valence-corrected chi connectivity index (χ1v) is 10.7. The van der Waals surface area contributed by atoms with E-state index in [2.05, 4.69) is 4.72 Å². The second-order valence-corrected chi connectivity index (χ2v) is 8.45. The SMILES string of the molecule is COC(=O)c1scc(NS(=O)(=O)c2ccc(OC)cc2)c1Cc1ccccc1. The van der Waals surface area contributed by atoms with Crippen molar-refractivity contribution in [1.82, 2.24) is 0 Å². The standard InChI is InChI=1S/C20H19NO5S2/c1-25-15-8-10-16(11-9-15)28(23,24)21-18-13-27-19(20(22)26-2)17(18)12-14-6-4-3-5-7-14/h3-11,13,21H,12H2,1-2H3. The molecule has 1 heterocycles. The van der Waals surface area contributed by atoms with Crippen LogP contribution in [0.25, 0.3) is 0 Å². The van der Waals surface area contributed by atoms with E-state index in [9.17, 15) is 13.2 Å². The molecule has 0 aliphatic rings. The van der Waals surface area contributed by atoms with Gasteiger partial charge in [-0.05, 0) is 29.8 Å². The Morgan fingerprint density at radius 3 is 2.32 bits per heavy atom. The van der Waals surface area contributed by atoms with Crippen molar-refractivity contribution in [2.45, 2.75) is 11.3 Å². The molecular weight excluding hydrogens is 398 g/mol. The quantitative estimate of drug-likeness (QED) is 0.589. The lowest BCUT2D eigenvalue weighted by Gasteiger charge is -2.11. The van der Waals surface area contributed by atoms with Gasteiger partial charge in [0.25, 0.3) is 10.0 Å². The molecule has 0 unspecified atom stereocenters. The third kappa shape index (κ3) is 4.35. The fraction of sp³-hybridized carbons (Fsp3) is 0.150.